The highest BCUT2D eigenvalue weighted by atomic mass is 16.1. The molecular formula is C6H17N3O+2. The molecule has 0 saturated carbocycles. The van der Waals surface area contributed by atoms with E-state index in [1.165, 1.54) is 0 Å². The summed E-state index contributed by atoms with van der Waals surface area (Å²) < 4.78 is 0. The van der Waals surface area contributed by atoms with Gasteiger partial charge >= 0.3 is 0 Å². The van der Waals surface area contributed by atoms with Crippen molar-refractivity contribution in [1.29, 1.82) is 0 Å². The van der Waals surface area contributed by atoms with Crippen LogP contribution < -0.4 is 17.2 Å². The Morgan fingerprint density at radius 2 is 2.10 bits per heavy atom. The van der Waals surface area contributed by atoms with Crippen molar-refractivity contribution >= 4 is 5.91 Å². The van der Waals surface area contributed by atoms with Crippen LogP contribution in [0.15, 0.2) is 0 Å². The van der Waals surface area contributed by atoms with Crippen molar-refractivity contribution in [2.75, 3.05) is 6.54 Å². The topological polar surface area (TPSA) is 98.4 Å². The molecule has 0 bridgehead atoms. The maximum atomic E-state index is 10.4. The summed E-state index contributed by atoms with van der Waals surface area (Å²) in [7, 11) is 0. The molecule has 1 atom stereocenters. The Balaban J connectivity index is 3.21. The number of hydrogen-bond donors (Lipinski definition) is 3. The molecule has 1 amide bonds. The molecule has 0 aliphatic carbocycles. The summed E-state index contributed by atoms with van der Waals surface area (Å²) in [6, 6.07) is -0.216. The Labute approximate surface area is 60.7 Å². The van der Waals surface area contributed by atoms with Gasteiger partial charge in [0, 0.05) is 6.42 Å². The monoisotopic (exact) mass is 147 g/mol. The van der Waals surface area contributed by atoms with Crippen LogP contribution in [0.5, 0.6) is 0 Å². The molecular weight excluding hydrogens is 130 g/mol. The number of unbranched alkanes of at least 4 members (excludes halogenated alkanes) is 1. The predicted octanol–water partition coefficient (Wildman–Crippen LogP) is -2.51. The van der Waals surface area contributed by atoms with Crippen LogP contribution in [0, 0.1) is 0 Å². The molecule has 0 radical (unpaired) electrons. The molecule has 4 heteroatoms. The molecule has 0 aliphatic heterocycles. The lowest BCUT2D eigenvalue weighted by molar-refractivity contribution is -0.405. The maximum Gasteiger partial charge on any atom is 0.275 e. The number of carbonyl (C=O) groups excluding carboxylic acids is 1. The van der Waals surface area contributed by atoms with Gasteiger partial charge in [0.15, 0.2) is 6.04 Å². The average molecular weight is 147 g/mol. The van der Waals surface area contributed by atoms with E-state index >= 15 is 0 Å². The molecule has 0 heterocycles. The summed E-state index contributed by atoms with van der Waals surface area (Å²) in [5, 5.41) is 0. The minimum Gasteiger partial charge on any atom is -0.365 e. The van der Waals surface area contributed by atoms with Gasteiger partial charge in [-0.25, -0.2) is 0 Å². The first-order valence-corrected chi connectivity index (χ1v) is 3.60. The van der Waals surface area contributed by atoms with Gasteiger partial charge in [0.1, 0.15) is 0 Å². The summed E-state index contributed by atoms with van der Waals surface area (Å²) in [5.41, 5.74) is 12.3. The van der Waals surface area contributed by atoms with Crippen LogP contribution in [0.2, 0.25) is 0 Å². The molecule has 10 heavy (non-hydrogen) atoms. The number of nitrogens with two attached hydrogens (primary N) is 1. The van der Waals surface area contributed by atoms with E-state index in [4.69, 9.17) is 5.73 Å². The van der Waals surface area contributed by atoms with E-state index in [-0.39, 0.29) is 11.9 Å². The SMILES string of the molecule is NC(=O)C([NH3+])CCCC[NH3+]. The van der Waals surface area contributed by atoms with Gasteiger partial charge in [-0.1, -0.05) is 0 Å². The zero-order chi connectivity index (χ0) is 7.98. The van der Waals surface area contributed by atoms with Crippen LogP contribution in [0.3, 0.4) is 0 Å². The van der Waals surface area contributed by atoms with E-state index in [2.05, 4.69) is 11.5 Å². The van der Waals surface area contributed by atoms with Crippen LogP contribution in [-0.4, -0.2) is 18.5 Å². The largest absolute Gasteiger partial charge is 0.365 e. The Morgan fingerprint density at radius 3 is 2.50 bits per heavy atom. The van der Waals surface area contributed by atoms with Crippen molar-refractivity contribution in [2.24, 2.45) is 5.73 Å². The van der Waals surface area contributed by atoms with E-state index < -0.39 is 0 Å². The molecule has 0 spiro atoms. The van der Waals surface area contributed by atoms with Gasteiger partial charge in [-0.15, -0.1) is 0 Å². The van der Waals surface area contributed by atoms with Gasteiger partial charge in [-0.05, 0) is 12.8 Å². The van der Waals surface area contributed by atoms with Crippen LogP contribution in [0.25, 0.3) is 0 Å². The Hall–Kier alpha value is -0.610. The highest BCUT2D eigenvalue weighted by Gasteiger charge is 2.11. The minimum absolute atomic E-state index is 0.216. The molecule has 60 valence electrons. The Bertz CT molecular complexity index is 105. The molecule has 0 saturated heterocycles. The normalized spacial score (nSPS) is 13.0. The van der Waals surface area contributed by atoms with Crippen molar-refractivity contribution in [1.82, 2.24) is 0 Å². The van der Waals surface area contributed by atoms with Gasteiger partial charge in [0.2, 0.25) is 0 Å². The fraction of sp³-hybridized carbons (Fsp3) is 0.833. The van der Waals surface area contributed by atoms with Crippen LogP contribution >= 0.6 is 0 Å². The van der Waals surface area contributed by atoms with E-state index in [0.29, 0.717) is 0 Å². The first kappa shape index (κ1) is 9.39. The molecule has 4 nitrogen and oxygen atoms in total. The van der Waals surface area contributed by atoms with Crippen molar-refractivity contribution in [3.05, 3.63) is 0 Å². The van der Waals surface area contributed by atoms with E-state index in [1.807, 2.05) is 0 Å². The standard InChI is InChI=1S/C6H15N3O/c7-4-2-1-3-5(8)6(9)10/h5H,1-4,7-8H2,(H2,9,10)/p+2. The summed E-state index contributed by atoms with van der Waals surface area (Å²) in [6.45, 7) is 0.922. The Morgan fingerprint density at radius 1 is 1.50 bits per heavy atom. The first-order valence-electron chi connectivity index (χ1n) is 3.60. The van der Waals surface area contributed by atoms with E-state index in [1.54, 1.807) is 0 Å². The molecule has 0 rings (SSSR count). The number of rotatable bonds is 5. The average Bonchev–Trinajstić information content (AvgIpc) is 1.88. The third kappa shape index (κ3) is 4.29. The van der Waals surface area contributed by atoms with E-state index in [9.17, 15) is 4.79 Å². The van der Waals surface area contributed by atoms with Gasteiger partial charge in [0.25, 0.3) is 5.91 Å². The zero-order valence-corrected chi connectivity index (χ0v) is 6.31. The molecule has 0 aromatic rings. The first-order chi connectivity index (χ1) is 4.68. The van der Waals surface area contributed by atoms with E-state index in [0.717, 1.165) is 25.8 Å². The third-order valence-electron chi connectivity index (χ3n) is 1.45. The lowest BCUT2D eigenvalue weighted by atomic mass is 10.1. The van der Waals surface area contributed by atoms with Crippen molar-refractivity contribution in [3.8, 4) is 0 Å². The number of primary amides is 1. The highest BCUT2D eigenvalue weighted by Crippen LogP contribution is 1.94. The minimum atomic E-state index is -0.302. The number of carbonyl (C=O) groups is 1. The molecule has 0 fully saturated rings. The summed E-state index contributed by atoms with van der Waals surface area (Å²) in [6.07, 6.45) is 2.85. The van der Waals surface area contributed by atoms with Gasteiger partial charge in [-0.2, -0.15) is 0 Å². The molecule has 0 aromatic heterocycles. The second-order valence-corrected chi connectivity index (χ2v) is 2.45. The summed E-state index contributed by atoms with van der Waals surface area (Å²) in [5.74, 6) is -0.302. The summed E-state index contributed by atoms with van der Waals surface area (Å²) >= 11 is 0. The molecule has 0 aromatic carbocycles. The second-order valence-electron chi connectivity index (χ2n) is 2.45. The molecule has 1 unspecified atom stereocenters. The lowest BCUT2D eigenvalue weighted by Gasteiger charge is -2.00. The van der Waals surface area contributed by atoms with Gasteiger partial charge in [-0.3, -0.25) is 4.79 Å². The lowest BCUT2D eigenvalue weighted by Crippen LogP contribution is -2.66. The van der Waals surface area contributed by atoms with Crippen LogP contribution in [0.1, 0.15) is 19.3 Å². The smallest absolute Gasteiger partial charge is 0.275 e. The van der Waals surface area contributed by atoms with Crippen molar-refractivity contribution < 1.29 is 16.3 Å². The number of quaternary nitrogens is 2. The predicted molar refractivity (Wildman–Crippen MR) is 37.5 cm³/mol. The fourth-order valence-electron chi connectivity index (χ4n) is 0.710. The highest BCUT2D eigenvalue weighted by molar-refractivity contribution is 5.77. The van der Waals surface area contributed by atoms with Crippen molar-refractivity contribution in [2.45, 2.75) is 25.3 Å². The fourth-order valence-corrected chi connectivity index (χ4v) is 0.710. The second kappa shape index (κ2) is 5.20. The van der Waals surface area contributed by atoms with Crippen LogP contribution in [0.4, 0.5) is 0 Å². The molecule has 8 N–H and O–H groups in total. The van der Waals surface area contributed by atoms with Gasteiger partial charge < -0.3 is 17.2 Å². The third-order valence-corrected chi connectivity index (χ3v) is 1.45. The maximum absolute atomic E-state index is 10.4. The quantitative estimate of drug-likeness (QED) is 0.368. The molecule has 0 aliphatic rings. The summed E-state index contributed by atoms with van der Waals surface area (Å²) in [4.78, 5) is 10.4. The number of amides is 1. The Kier molecular flexibility index (Phi) is 4.88. The van der Waals surface area contributed by atoms with Crippen LogP contribution in [-0.2, 0) is 4.79 Å². The van der Waals surface area contributed by atoms with Gasteiger partial charge in [0.05, 0.1) is 6.54 Å². The zero-order valence-electron chi connectivity index (χ0n) is 6.31. The van der Waals surface area contributed by atoms with Crippen molar-refractivity contribution in [3.63, 3.8) is 0 Å². The number of hydrogen-bond acceptors (Lipinski definition) is 1.